The molecule has 0 aromatic heterocycles. The Morgan fingerprint density at radius 2 is 1.84 bits per heavy atom. The van der Waals surface area contributed by atoms with Crippen molar-refractivity contribution in [2.75, 3.05) is 0 Å². The first-order valence-corrected chi connectivity index (χ1v) is 7.98. The zero-order valence-corrected chi connectivity index (χ0v) is 12.3. The van der Waals surface area contributed by atoms with Crippen molar-refractivity contribution < 1.29 is 17.6 Å². The predicted molar refractivity (Wildman–Crippen MR) is 71.2 cm³/mol. The van der Waals surface area contributed by atoms with Gasteiger partial charge in [-0.15, -0.1) is 0 Å². The normalized spacial score (nSPS) is 13.4. The molecule has 1 atom stereocenters. The van der Waals surface area contributed by atoms with Gasteiger partial charge in [-0.2, -0.15) is 0 Å². The molecule has 7 heteroatoms. The van der Waals surface area contributed by atoms with Crippen molar-refractivity contribution >= 4 is 25.6 Å². The first-order chi connectivity index (χ1) is 8.61. The highest BCUT2D eigenvalue weighted by Gasteiger charge is 2.18. The number of carbonyl (C=O) groups excluding carboxylic acids is 1. The Bertz CT molecular complexity index is 587. The molecule has 0 radical (unpaired) electrons. The van der Waals surface area contributed by atoms with Gasteiger partial charge in [-0.25, -0.2) is 12.8 Å². The number of rotatable bonds is 4. The van der Waals surface area contributed by atoms with Gasteiger partial charge in [-0.3, -0.25) is 4.79 Å². The molecule has 0 aliphatic rings. The fourth-order valence-corrected chi connectivity index (χ4v) is 2.08. The largest absolute Gasteiger partial charge is 0.349 e. The minimum atomic E-state index is -4.07. The molecule has 4 nitrogen and oxygen atoms in total. The van der Waals surface area contributed by atoms with Crippen LogP contribution in [0.2, 0.25) is 0 Å². The maximum atomic E-state index is 13.3. The molecule has 0 spiro atoms. The smallest absolute Gasteiger partial charge is 0.261 e. The van der Waals surface area contributed by atoms with Crippen LogP contribution in [-0.4, -0.2) is 20.4 Å². The summed E-state index contributed by atoms with van der Waals surface area (Å²) in [6.45, 7) is 5.65. The predicted octanol–water partition coefficient (Wildman–Crippen LogP) is 2.53. The van der Waals surface area contributed by atoms with E-state index in [1.807, 2.05) is 13.8 Å². The van der Waals surface area contributed by atoms with Crippen molar-refractivity contribution in [3.8, 4) is 0 Å². The van der Waals surface area contributed by atoms with Gasteiger partial charge in [0.15, 0.2) is 0 Å². The van der Waals surface area contributed by atoms with E-state index in [0.717, 1.165) is 18.2 Å². The number of hydrogen-bond acceptors (Lipinski definition) is 3. The Kier molecular flexibility index (Phi) is 4.92. The van der Waals surface area contributed by atoms with Crippen LogP contribution in [0.3, 0.4) is 0 Å². The monoisotopic (exact) mass is 307 g/mol. The summed E-state index contributed by atoms with van der Waals surface area (Å²) < 4.78 is 35.6. The molecule has 1 aromatic carbocycles. The van der Waals surface area contributed by atoms with E-state index in [0.29, 0.717) is 0 Å². The minimum absolute atomic E-state index is 0.0771. The Labute approximate surface area is 116 Å². The van der Waals surface area contributed by atoms with Crippen LogP contribution in [0.15, 0.2) is 23.1 Å². The standard InChI is InChI=1S/C12H15ClFNO3S/c1-7(2)8(3)15-12(16)9-4-10(14)6-11(5-9)19(13,17)18/h4-8H,1-3H3,(H,15,16). The van der Waals surface area contributed by atoms with Gasteiger partial charge in [0.2, 0.25) is 0 Å². The Morgan fingerprint density at radius 1 is 1.26 bits per heavy atom. The van der Waals surface area contributed by atoms with Gasteiger partial charge >= 0.3 is 0 Å². The van der Waals surface area contributed by atoms with Crippen LogP contribution in [0.4, 0.5) is 4.39 Å². The summed E-state index contributed by atoms with van der Waals surface area (Å²) in [5.41, 5.74) is -0.0771. The van der Waals surface area contributed by atoms with Crippen molar-refractivity contribution in [2.45, 2.75) is 31.7 Å². The molecular formula is C12H15ClFNO3S. The molecule has 0 aliphatic carbocycles. The highest BCUT2D eigenvalue weighted by Crippen LogP contribution is 2.18. The quantitative estimate of drug-likeness (QED) is 0.869. The molecule has 0 heterocycles. The highest BCUT2D eigenvalue weighted by molar-refractivity contribution is 8.13. The fourth-order valence-electron chi connectivity index (χ4n) is 1.29. The lowest BCUT2D eigenvalue weighted by atomic mass is 10.1. The van der Waals surface area contributed by atoms with Gasteiger partial charge < -0.3 is 5.32 Å². The molecule has 1 rings (SSSR count). The lowest BCUT2D eigenvalue weighted by molar-refractivity contribution is 0.0930. The summed E-state index contributed by atoms with van der Waals surface area (Å²) in [6, 6.07) is 2.67. The molecule has 106 valence electrons. The van der Waals surface area contributed by atoms with Crippen molar-refractivity contribution in [3.05, 3.63) is 29.6 Å². The van der Waals surface area contributed by atoms with Crippen molar-refractivity contribution in [1.29, 1.82) is 0 Å². The van der Waals surface area contributed by atoms with Crippen molar-refractivity contribution in [1.82, 2.24) is 5.32 Å². The average molecular weight is 308 g/mol. The van der Waals surface area contributed by atoms with Crippen LogP contribution < -0.4 is 5.32 Å². The van der Waals surface area contributed by atoms with E-state index in [-0.39, 0.29) is 17.5 Å². The summed E-state index contributed by atoms with van der Waals surface area (Å²) in [4.78, 5) is 11.4. The topological polar surface area (TPSA) is 63.2 Å². The van der Waals surface area contributed by atoms with Gasteiger partial charge in [0, 0.05) is 22.3 Å². The second-order valence-electron chi connectivity index (χ2n) is 4.62. The minimum Gasteiger partial charge on any atom is -0.349 e. The van der Waals surface area contributed by atoms with Crippen LogP contribution in [0.5, 0.6) is 0 Å². The van der Waals surface area contributed by atoms with Crippen LogP contribution >= 0.6 is 10.7 Å². The number of nitrogens with one attached hydrogen (secondary N) is 1. The molecule has 0 aliphatic heterocycles. The van der Waals surface area contributed by atoms with Gasteiger partial charge in [-0.1, -0.05) is 13.8 Å². The molecule has 1 amide bonds. The highest BCUT2D eigenvalue weighted by atomic mass is 35.7. The first-order valence-electron chi connectivity index (χ1n) is 5.67. The van der Waals surface area contributed by atoms with Crippen LogP contribution in [0.25, 0.3) is 0 Å². The molecule has 0 saturated heterocycles. The lowest BCUT2D eigenvalue weighted by Crippen LogP contribution is -2.36. The summed E-state index contributed by atoms with van der Waals surface area (Å²) in [5, 5.41) is 2.66. The molecule has 0 fully saturated rings. The molecule has 0 saturated carbocycles. The summed E-state index contributed by atoms with van der Waals surface area (Å²) in [6.07, 6.45) is 0. The second-order valence-corrected chi connectivity index (χ2v) is 7.19. The number of hydrogen-bond donors (Lipinski definition) is 1. The zero-order chi connectivity index (χ0) is 14.8. The zero-order valence-electron chi connectivity index (χ0n) is 10.8. The van der Waals surface area contributed by atoms with Crippen molar-refractivity contribution in [2.24, 2.45) is 5.92 Å². The number of halogens is 2. The van der Waals surface area contributed by atoms with Gasteiger partial charge in [0.1, 0.15) is 5.82 Å². The average Bonchev–Trinajstić information content (AvgIpc) is 2.26. The van der Waals surface area contributed by atoms with E-state index in [1.54, 1.807) is 6.92 Å². The Morgan fingerprint density at radius 3 is 2.32 bits per heavy atom. The number of carbonyl (C=O) groups is 1. The third-order valence-electron chi connectivity index (χ3n) is 2.77. The van der Waals surface area contributed by atoms with Crippen LogP contribution in [0.1, 0.15) is 31.1 Å². The first kappa shape index (κ1) is 15.9. The van der Waals surface area contributed by atoms with E-state index < -0.39 is 25.7 Å². The maximum absolute atomic E-state index is 13.3. The second kappa shape index (κ2) is 5.88. The number of amides is 1. The van der Waals surface area contributed by atoms with E-state index in [9.17, 15) is 17.6 Å². The Hall–Kier alpha value is -1.14. The fraction of sp³-hybridized carbons (Fsp3) is 0.417. The Balaban J connectivity index is 3.08. The maximum Gasteiger partial charge on any atom is 0.261 e. The van der Waals surface area contributed by atoms with E-state index in [4.69, 9.17) is 10.7 Å². The summed E-state index contributed by atoms with van der Waals surface area (Å²) >= 11 is 0. The van der Waals surface area contributed by atoms with E-state index in [2.05, 4.69) is 5.32 Å². The summed E-state index contributed by atoms with van der Waals surface area (Å²) in [7, 11) is 1.06. The van der Waals surface area contributed by atoms with Gasteiger partial charge in [0.25, 0.3) is 15.0 Å². The molecule has 1 aromatic rings. The molecule has 1 unspecified atom stereocenters. The SMILES string of the molecule is CC(C)C(C)NC(=O)c1cc(F)cc(S(=O)(=O)Cl)c1. The van der Waals surface area contributed by atoms with Crippen molar-refractivity contribution in [3.63, 3.8) is 0 Å². The summed E-state index contributed by atoms with van der Waals surface area (Å²) in [5.74, 6) is -1.17. The van der Waals surface area contributed by atoms with E-state index >= 15 is 0 Å². The number of benzene rings is 1. The molecule has 1 N–H and O–H groups in total. The van der Waals surface area contributed by atoms with Gasteiger partial charge in [-0.05, 0) is 31.0 Å². The third-order valence-corrected chi connectivity index (χ3v) is 4.11. The third kappa shape index (κ3) is 4.47. The van der Waals surface area contributed by atoms with Gasteiger partial charge in [0.05, 0.1) is 4.90 Å². The molecule has 0 bridgehead atoms. The van der Waals surface area contributed by atoms with Crippen LogP contribution in [0, 0.1) is 11.7 Å². The molecular weight excluding hydrogens is 293 g/mol. The molecule has 19 heavy (non-hydrogen) atoms. The van der Waals surface area contributed by atoms with Crippen LogP contribution in [-0.2, 0) is 9.05 Å². The van der Waals surface area contributed by atoms with E-state index in [1.165, 1.54) is 0 Å². The lowest BCUT2D eigenvalue weighted by Gasteiger charge is -2.17.